The number of carbonyl (C=O) groups is 1. The van der Waals surface area contributed by atoms with E-state index in [-0.39, 0.29) is 5.91 Å². The maximum Gasteiger partial charge on any atom is 0.224 e. The molecule has 3 N–H and O–H groups in total. The second-order valence-electron chi connectivity index (χ2n) is 4.55. The van der Waals surface area contributed by atoms with Gasteiger partial charge in [-0.2, -0.15) is 5.10 Å². The van der Waals surface area contributed by atoms with Crippen molar-refractivity contribution in [1.29, 1.82) is 0 Å². The van der Waals surface area contributed by atoms with Crippen LogP contribution in [0.3, 0.4) is 0 Å². The minimum atomic E-state index is 0.0552. The SMILES string of the molecule is Cn1cc(Sc2cc3c(cc2N)NC(=O)CC3)cn1. The molecule has 0 unspecified atom stereocenters. The number of hydrogen-bond donors (Lipinski definition) is 2. The van der Waals surface area contributed by atoms with Gasteiger partial charge in [-0.3, -0.25) is 9.48 Å². The molecule has 19 heavy (non-hydrogen) atoms. The Balaban J connectivity index is 1.92. The molecule has 1 aromatic heterocycles. The molecule has 1 aromatic carbocycles. The van der Waals surface area contributed by atoms with Crippen molar-refractivity contribution in [3.8, 4) is 0 Å². The van der Waals surface area contributed by atoms with E-state index in [1.807, 2.05) is 25.5 Å². The molecule has 3 rings (SSSR count). The van der Waals surface area contributed by atoms with Crippen LogP contribution < -0.4 is 11.1 Å². The van der Waals surface area contributed by atoms with Gasteiger partial charge in [-0.1, -0.05) is 11.8 Å². The van der Waals surface area contributed by atoms with Crippen LogP contribution in [-0.2, 0) is 18.3 Å². The van der Waals surface area contributed by atoms with Crippen molar-refractivity contribution in [3.05, 3.63) is 30.1 Å². The fourth-order valence-corrected chi connectivity index (χ4v) is 3.03. The minimum absolute atomic E-state index is 0.0552. The van der Waals surface area contributed by atoms with E-state index in [0.717, 1.165) is 27.5 Å². The summed E-state index contributed by atoms with van der Waals surface area (Å²) < 4.78 is 1.76. The molecule has 5 nitrogen and oxygen atoms in total. The largest absolute Gasteiger partial charge is 0.398 e. The number of hydrogen-bond acceptors (Lipinski definition) is 4. The molecule has 0 fully saturated rings. The average molecular weight is 274 g/mol. The molecule has 0 atom stereocenters. The summed E-state index contributed by atoms with van der Waals surface area (Å²) in [7, 11) is 1.88. The van der Waals surface area contributed by atoms with E-state index in [1.165, 1.54) is 0 Å². The van der Waals surface area contributed by atoms with Crippen LogP contribution in [0.5, 0.6) is 0 Å². The number of rotatable bonds is 2. The molecule has 2 aromatic rings. The molecule has 98 valence electrons. The van der Waals surface area contributed by atoms with Gasteiger partial charge in [-0.25, -0.2) is 0 Å². The Morgan fingerprint density at radius 2 is 2.26 bits per heavy atom. The van der Waals surface area contributed by atoms with E-state index >= 15 is 0 Å². The molecule has 1 aliphatic rings. The zero-order valence-corrected chi connectivity index (χ0v) is 11.3. The van der Waals surface area contributed by atoms with Gasteiger partial charge in [0.05, 0.1) is 11.1 Å². The zero-order valence-electron chi connectivity index (χ0n) is 10.5. The van der Waals surface area contributed by atoms with Gasteiger partial charge >= 0.3 is 0 Å². The zero-order chi connectivity index (χ0) is 13.4. The van der Waals surface area contributed by atoms with E-state index in [4.69, 9.17) is 5.73 Å². The molecule has 1 amide bonds. The van der Waals surface area contributed by atoms with Gasteiger partial charge in [0, 0.05) is 35.9 Å². The number of carbonyl (C=O) groups excluding carboxylic acids is 1. The first-order valence-corrected chi connectivity index (χ1v) is 6.82. The van der Waals surface area contributed by atoms with Crippen molar-refractivity contribution in [2.45, 2.75) is 22.6 Å². The van der Waals surface area contributed by atoms with Gasteiger partial charge in [0.15, 0.2) is 0 Å². The molecular formula is C13H14N4OS. The maximum absolute atomic E-state index is 11.3. The Hall–Kier alpha value is -1.95. The molecule has 0 saturated carbocycles. The summed E-state index contributed by atoms with van der Waals surface area (Å²) in [6, 6.07) is 3.90. The second kappa shape index (κ2) is 4.62. The van der Waals surface area contributed by atoms with Crippen molar-refractivity contribution in [3.63, 3.8) is 0 Å². The first kappa shape index (κ1) is 12.1. The molecule has 0 aliphatic carbocycles. The third-order valence-electron chi connectivity index (χ3n) is 3.04. The summed E-state index contributed by atoms with van der Waals surface area (Å²) in [5.41, 5.74) is 8.70. The number of aryl methyl sites for hydroxylation is 2. The third-order valence-corrected chi connectivity index (χ3v) is 4.06. The van der Waals surface area contributed by atoms with Crippen LogP contribution in [0.4, 0.5) is 11.4 Å². The van der Waals surface area contributed by atoms with Crippen LogP contribution in [0.2, 0.25) is 0 Å². The highest BCUT2D eigenvalue weighted by Gasteiger charge is 2.17. The van der Waals surface area contributed by atoms with Gasteiger partial charge in [0.25, 0.3) is 0 Å². The van der Waals surface area contributed by atoms with Crippen LogP contribution in [-0.4, -0.2) is 15.7 Å². The number of nitrogens with two attached hydrogens (primary N) is 1. The topological polar surface area (TPSA) is 72.9 Å². The Labute approximate surface area is 115 Å². The molecule has 1 aliphatic heterocycles. The highest BCUT2D eigenvalue weighted by molar-refractivity contribution is 7.99. The van der Waals surface area contributed by atoms with Crippen molar-refractivity contribution < 1.29 is 4.79 Å². The highest BCUT2D eigenvalue weighted by Crippen LogP contribution is 2.36. The molecule has 6 heteroatoms. The van der Waals surface area contributed by atoms with E-state index < -0.39 is 0 Å². The number of fused-ring (bicyclic) bond motifs is 1. The van der Waals surface area contributed by atoms with Crippen LogP contribution >= 0.6 is 11.8 Å². The van der Waals surface area contributed by atoms with Gasteiger partial charge in [-0.15, -0.1) is 0 Å². The lowest BCUT2D eigenvalue weighted by Gasteiger charge is -2.18. The maximum atomic E-state index is 11.3. The second-order valence-corrected chi connectivity index (χ2v) is 5.66. The van der Waals surface area contributed by atoms with Gasteiger partial charge in [-0.05, 0) is 24.1 Å². The van der Waals surface area contributed by atoms with Crippen LogP contribution in [0.15, 0.2) is 34.3 Å². The summed E-state index contributed by atoms with van der Waals surface area (Å²) in [6.07, 6.45) is 5.06. The van der Waals surface area contributed by atoms with Crippen molar-refractivity contribution in [2.75, 3.05) is 11.1 Å². The monoisotopic (exact) mass is 274 g/mol. The van der Waals surface area contributed by atoms with Gasteiger partial charge in [0.1, 0.15) is 0 Å². The number of anilines is 2. The summed E-state index contributed by atoms with van der Waals surface area (Å²) >= 11 is 1.59. The van der Waals surface area contributed by atoms with Crippen molar-refractivity contribution >= 4 is 29.0 Å². The van der Waals surface area contributed by atoms with Gasteiger partial charge in [0.2, 0.25) is 5.91 Å². The first-order chi connectivity index (χ1) is 9.11. The average Bonchev–Trinajstić information content (AvgIpc) is 2.76. The molecule has 2 heterocycles. The lowest BCUT2D eigenvalue weighted by atomic mass is 10.0. The first-order valence-electron chi connectivity index (χ1n) is 6.00. The Bertz CT molecular complexity index is 650. The standard InChI is InChI=1S/C13H14N4OS/c1-17-7-9(6-15-17)19-12-4-8-2-3-13(18)16-11(8)5-10(12)14/h4-7H,2-3,14H2,1H3,(H,16,18). The van der Waals surface area contributed by atoms with Crippen molar-refractivity contribution in [2.24, 2.45) is 7.05 Å². The predicted octanol–water partition coefficient (Wildman–Crippen LogP) is 2.04. The number of nitrogen functional groups attached to an aromatic ring is 1. The number of nitrogens with zero attached hydrogens (tertiary/aromatic N) is 2. The van der Waals surface area contributed by atoms with Crippen molar-refractivity contribution in [1.82, 2.24) is 9.78 Å². The minimum Gasteiger partial charge on any atom is -0.398 e. The number of aromatic nitrogens is 2. The van der Waals surface area contributed by atoms with E-state index in [1.54, 1.807) is 16.4 Å². The Morgan fingerprint density at radius 3 is 3.00 bits per heavy atom. The quantitative estimate of drug-likeness (QED) is 0.822. The lowest BCUT2D eigenvalue weighted by Crippen LogP contribution is -2.19. The summed E-state index contributed by atoms with van der Waals surface area (Å²) in [4.78, 5) is 13.4. The van der Waals surface area contributed by atoms with Crippen LogP contribution in [0.25, 0.3) is 0 Å². The Kier molecular flexibility index (Phi) is 2.94. The number of amides is 1. The van der Waals surface area contributed by atoms with E-state index in [2.05, 4.69) is 16.5 Å². The third kappa shape index (κ3) is 2.44. The number of benzene rings is 1. The van der Waals surface area contributed by atoms with Crippen LogP contribution in [0.1, 0.15) is 12.0 Å². The lowest BCUT2D eigenvalue weighted by molar-refractivity contribution is -0.116. The molecular weight excluding hydrogens is 260 g/mol. The summed E-state index contributed by atoms with van der Waals surface area (Å²) in [5, 5.41) is 6.99. The summed E-state index contributed by atoms with van der Waals surface area (Å²) in [5.74, 6) is 0.0552. The highest BCUT2D eigenvalue weighted by atomic mass is 32.2. The summed E-state index contributed by atoms with van der Waals surface area (Å²) in [6.45, 7) is 0. The normalized spacial score (nSPS) is 14.1. The van der Waals surface area contributed by atoms with E-state index in [0.29, 0.717) is 12.1 Å². The predicted molar refractivity (Wildman–Crippen MR) is 75.1 cm³/mol. The smallest absolute Gasteiger partial charge is 0.224 e. The molecule has 0 radical (unpaired) electrons. The molecule has 0 saturated heterocycles. The number of nitrogens with one attached hydrogen (secondary N) is 1. The Morgan fingerprint density at radius 1 is 1.42 bits per heavy atom. The fraction of sp³-hybridized carbons (Fsp3) is 0.231. The fourth-order valence-electron chi connectivity index (χ4n) is 2.09. The molecule has 0 bridgehead atoms. The molecule has 0 spiro atoms. The van der Waals surface area contributed by atoms with E-state index in [9.17, 15) is 4.79 Å². The van der Waals surface area contributed by atoms with Gasteiger partial charge < -0.3 is 11.1 Å². The van der Waals surface area contributed by atoms with Crippen LogP contribution in [0, 0.1) is 0 Å².